The van der Waals surface area contributed by atoms with E-state index >= 15 is 0 Å². The first-order valence-electron chi connectivity index (χ1n) is 4.92. The number of nitrogen functional groups attached to an aromatic ring is 1. The van der Waals surface area contributed by atoms with Crippen LogP contribution in [0.4, 0.5) is 11.6 Å². The molecule has 1 aromatic heterocycles. The van der Waals surface area contributed by atoms with Crippen molar-refractivity contribution in [3.63, 3.8) is 0 Å². The maximum Gasteiger partial charge on any atom is 0.185 e. The summed E-state index contributed by atoms with van der Waals surface area (Å²) < 4.78 is 0. The van der Waals surface area contributed by atoms with Crippen LogP contribution in [0.3, 0.4) is 0 Å². The third-order valence-corrected chi connectivity index (χ3v) is 2.55. The first kappa shape index (κ1) is 8.96. The van der Waals surface area contributed by atoms with Crippen LogP contribution < -0.4 is 5.73 Å². The molecule has 0 amide bonds. The van der Waals surface area contributed by atoms with Crippen molar-refractivity contribution in [2.24, 2.45) is 10.2 Å². The highest BCUT2D eigenvalue weighted by atomic mass is 15.2. The van der Waals surface area contributed by atoms with Crippen LogP contribution in [0, 0.1) is 0 Å². The minimum atomic E-state index is -0.169. The number of fused-ring (bicyclic) bond motifs is 1. The third-order valence-electron chi connectivity index (χ3n) is 2.55. The van der Waals surface area contributed by atoms with Crippen LogP contribution in [0.5, 0.6) is 0 Å². The monoisotopic (exact) mass is 211 g/mol. The zero-order chi connectivity index (χ0) is 11.0. The van der Waals surface area contributed by atoms with Crippen LogP contribution in [0.15, 0.2) is 46.9 Å². The zero-order valence-electron chi connectivity index (χ0n) is 8.41. The van der Waals surface area contributed by atoms with E-state index in [1.807, 2.05) is 30.3 Å². The maximum absolute atomic E-state index is 5.83. The minimum Gasteiger partial charge on any atom is -0.383 e. The molecule has 5 nitrogen and oxygen atoms in total. The van der Waals surface area contributed by atoms with Gasteiger partial charge in [-0.3, -0.25) is 0 Å². The number of benzene rings is 1. The summed E-state index contributed by atoms with van der Waals surface area (Å²) in [5.41, 5.74) is 7.68. The van der Waals surface area contributed by atoms with Gasteiger partial charge in [-0.15, -0.1) is 5.11 Å². The molecule has 3 rings (SSSR count). The van der Waals surface area contributed by atoms with Gasteiger partial charge in [0.1, 0.15) is 18.2 Å². The van der Waals surface area contributed by atoms with E-state index in [0.29, 0.717) is 11.6 Å². The molecule has 0 saturated heterocycles. The number of azo groups is 1. The van der Waals surface area contributed by atoms with E-state index < -0.39 is 0 Å². The van der Waals surface area contributed by atoms with Gasteiger partial charge in [0.15, 0.2) is 5.82 Å². The summed E-state index contributed by atoms with van der Waals surface area (Å²) in [4.78, 5) is 8.02. The van der Waals surface area contributed by atoms with Crippen molar-refractivity contribution in [1.29, 1.82) is 0 Å². The number of hydrogen-bond donors (Lipinski definition) is 1. The van der Waals surface area contributed by atoms with Crippen molar-refractivity contribution in [2.45, 2.75) is 6.04 Å². The average Bonchev–Trinajstić information content (AvgIpc) is 2.75. The molecule has 78 valence electrons. The summed E-state index contributed by atoms with van der Waals surface area (Å²) in [6.45, 7) is 0. The Balaban J connectivity index is 2.13. The minimum absolute atomic E-state index is 0.169. The number of aromatic nitrogens is 2. The van der Waals surface area contributed by atoms with Gasteiger partial charge in [-0.2, -0.15) is 5.11 Å². The molecule has 0 spiro atoms. The largest absolute Gasteiger partial charge is 0.383 e. The Morgan fingerprint density at radius 3 is 2.69 bits per heavy atom. The fourth-order valence-electron chi connectivity index (χ4n) is 1.78. The van der Waals surface area contributed by atoms with E-state index in [1.54, 1.807) is 0 Å². The van der Waals surface area contributed by atoms with Crippen molar-refractivity contribution in [1.82, 2.24) is 9.97 Å². The highest BCUT2D eigenvalue weighted by Gasteiger charge is 2.26. The molecule has 5 heteroatoms. The number of anilines is 1. The Morgan fingerprint density at radius 2 is 1.88 bits per heavy atom. The van der Waals surface area contributed by atoms with Crippen molar-refractivity contribution in [2.75, 3.05) is 5.73 Å². The fraction of sp³-hybridized carbons (Fsp3) is 0.0909. The van der Waals surface area contributed by atoms with Crippen LogP contribution >= 0.6 is 0 Å². The Kier molecular flexibility index (Phi) is 1.89. The summed E-state index contributed by atoms with van der Waals surface area (Å²) in [7, 11) is 0. The lowest BCUT2D eigenvalue weighted by molar-refractivity contribution is 0.860. The lowest BCUT2D eigenvalue weighted by Crippen LogP contribution is -2.02. The van der Waals surface area contributed by atoms with Gasteiger partial charge in [0.05, 0.1) is 5.56 Å². The average molecular weight is 211 g/mol. The quantitative estimate of drug-likeness (QED) is 0.785. The number of hydrogen-bond acceptors (Lipinski definition) is 5. The summed E-state index contributed by atoms with van der Waals surface area (Å²) in [6.07, 6.45) is 1.40. The molecule has 1 atom stereocenters. The summed E-state index contributed by atoms with van der Waals surface area (Å²) in [5.74, 6) is 1.02. The molecule has 1 unspecified atom stereocenters. The number of rotatable bonds is 1. The van der Waals surface area contributed by atoms with Gasteiger partial charge in [0.25, 0.3) is 0 Å². The van der Waals surface area contributed by atoms with E-state index in [9.17, 15) is 0 Å². The smallest absolute Gasteiger partial charge is 0.185 e. The molecule has 16 heavy (non-hydrogen) atoms. The second-order valence-electron chi connectivity index (χ2n) is 3.52. The van der Waals surface area contributed by atoms with Crippen molar-refractivity contribution in [3.8, 4) is 0 Å². The molecule has 0 saturated carbocycles. The highest BCUT2D eigenvalue weighted by molar-refractivity contribution is 5.58. The molecule has 1 aromatic carbocycles. The van der Waals surface area contributed by atoms with E-state index in [0.717, 1.165) is 11.1 Å². The first-order valence-corrected chi connectivity index (χ1v) is 4.92. The molecular weight excluding hydrogens is 202 g/mol. The van der Waals surface area contributed by atoms with E-state index in [-0.39, 0.29) is 6.04 Å². The van der Waals surface area contributed by atoms with E-state index in [2.05, 4.69) is 20.2 Å². The molecule has 2 aromatic rings. The predicted octanol–water partition coefficient (Wildman–Crippen LogP) is 2.25. The topological polar surface area (TPSA) is 76.5 Å². The highest BCUT2D eigenvalue weighted by Crippen LogP contribution is 2.40. The molecule has 2 N–H and O–H groups in total. The second-order valence-corrected chi connectivity index (χ2v) is 3.52. The summed E-state index contributed by atoms with van der Waals surface area (Å²) in [5, 5.41) is 8.19. The predicted molar refractivity (Wildman–Crippen MR) is 59.2 cm³/mol. The SMILES string of the molecule is Nc1ncnc2c1C(c1ccccc1)N=N2. The maximum atomic E-state index is 5.83. The van der Waals surface area contributed by atoms with E-state index in [4.69, 9.17) is 5.73 Å². The van der Waals surface area contributed by atoms with Crippen molar-refractivity contribution >= 4 is 11.6 Å². The van der Waals surface area contributed by atoms with Gasteiger partial charge in [-0.05, 0) is 5.56 Å². The van der Waals surface area contributed by atoms with Crippen molar-refractivity contribution in [3.05, 3.63) is 47.8 Å². The van der Waals surface area contributed by atoms with Gasteiger partial charge in [0, 0.05) is 0 Å². The third kappa shape index (κ3) is 1.25. The molecule has 0 aliphatic carbocycles. The molecule has 0 bridgehead atoms. The normalized spacial score (nSPS) is 17.4. The van der Waals surface area contributed by atoms with Crippen LogP contribution in [0.25, 0.3) is 0 Å². The van der Waals surface area contributed by atoms with Gasteiger partial charge < -0.3 is 5.73 Å². The Labute approximate surface area is 92.1 Å². The zero-order valence-corrected chi connectivity index (χ0v) is 8.41. The first-order chi connectivity index (χ1) is 7.86. The van der Waals surface area contributed by atoms with Gasteiger partial charge in [-0.25, -0.2) is 9.97 Å². The molecule has 1 aliphatic rings. The molecule has 2 heterocycles. The number of nitrogens with two attached hydrogens (primary N) is 1. The lowest BCUT2D eigenvalue weighted by atomic mass is 10.0. The standard InChI is InChI=1S/C11H9N5/c12-10-8-9(7-4-2-1-3-5-7)15-16-11(8)14-6-13-10/h1-6,9H,(H2,12,13,14). The summed E-state index contributed by atoms with van der Waals surface area (Å²) in [6, 6.07) is 9.70. The lowest BCUT2D eigenvalue weighted by Gasteiger charge is -2.08. The van der Waals surface area contributed by atoms with Crippen molar-refractivity contribution < 1.29 is 0 Å². The number of nitrogens with zero attached hydrogens (tertiary/aromatic N) is 4. The summed E-state index contributed by atoms with van der Waals surface area (Å²) >= 11 is 0. The fourth-order valence-corrected chi connectivity index (χ4v) is 1.78. The molecule has 1 aliphatic heterocycles. The van der Waals surface area contributed by atoms with Gasteiger partial charge in [-0.1, -0.05) is 30.3 Å². The van der Waals surface area contributed by atoms with Crippen LogP contribution in [-0.2, 0) is 0 Å². The van der Waals surface area contributed by atoms with Crippen LogP contribution in [0.1, 0.15) is 17.2 Å². The second kappa shape index (κ2) is 3.37. The van der Waals surface area contributed by atoms with Crippen LogP contribution in [0.2, 0.25) is 0 Å². The van der Waals surface area contributed by atoms with Gasteiger partial charge in [0.2, 0.25) is 0 Å². The Bertz CT molecular complexity index is 550. The van der Waals surface area contributed by atoms with Crippen LogP contribution in [-0.4, -0.2) is 9.97 Å². The molecule has 0 radical (unpaired) electrons. The molecule has 0 fully saturated rings. The van der Waals surface area contributed by atoms with Gasteiger partial charge >= 0.3 is 0 Å². The Hall–Kier alpha value is -2.30. The van der Waals surface area contributed by atoms with E-state index in [1.165, 1.54) is 6.33 Å². The Morgan fingerprint density at radius 1 is 1.06 bits per heavy atom. The molecular formula is C11H9N5.